The average molecular weight is 325 g/mol. The third-order valence-corrected chi connectivity index (χ3v) is 3.36. The molecule has 0 bridgehead atoms. The van der Waals surface area contributed by atoms with Gasteiger partial charge in [-0.25, -0.2) is 4.98 Å². The highest BCUT2D eigenvalue weighted by molar-refractivity contribution is 6.05. The molecule has 0 aliphatic rings. The van der Waals surface area contributed by atoms with Gasteiger partial charge in [-0.2, -0.15) is 5.10 Å². The van der Waals surface area contributed by atoms with Crippen LogP contribution in [0, 0.1) is 0 Å². The molecule has 0 saturated heterocycles. The summed E-state index contributed by atoms with van der Waals surface area (Å²) in [5, 5.41) is 15.9. The summed E-state index contributed by atoms with van der Waals surface area (Å²) in [6.07, 6.45) is 4.40. The molecule has 2 heterocycles. The minimum absolute atomic E-state index is 0.117. The highest BCUT2D eigenvalue weighted by Crippen LogP contribution is 2.18. The molecule has 7 nitrogen and oxygen atoms in total. The van der Waals surface area contributed by atoms with Gasteiger partial charge in [0.2, 0.25) is 5.78 Å². The van der Waals surface area contributed by atoms with Crippen LogP contribution in [0.1, 0.15) is 27.5 Å². The molecular formula is C17H15N3O4. The number of furan rings is 1. The van der Waals surface area contributed by atoms with Crippen molar-refractivity contribution in [3.05, 3.63) is 71.7 Å². The Morgan fingerprint density at radius 3 is 3.00 bits per heavy atom. The topological polar surface area (TPSA) is 101 Å². The summed E-state index contributed by atoms with van der Waals surface area (Å²) in [6, 6.07) is 9.30. The second-order valence-electron chi connectivity index (χ2n) is 5.08. The van der Waals surface area contributed by atoms with Gasteiger partial charge >= 0.3 is 0 Å². The Labute approximate surface area is 137 Å². The molecule has 3 rings (SSSR count). The molecular weight excluding hydrogens is 310 g/mol. The number of carbonyl (C=O) groups excluding carboxylic acids is 1. The highest BCUT2D eigenvalue weighted by Gasteiger charge is 2.12. The molecule has 122 valence electrons. The standard InChI is InChI=1S/C17H15N3O4/c1-23-13-4-2-3-11(6-13)5-12-7-16(24-9-12)14(21)8-15(22)17-18-10-19-20-17/h2-4,6-10,22H,5H2,1H3,(H,18,19,20). The first-order valence-corrected chi connectivity index (χ1v) is 7.17. The number of aromatic amines is 1. The number of methoxy groups -OCH3 is 1. The number of allylic oxidation sites excluding steroid dienone is 1. The first kappa shape index (κ1) is 15.5. The molecule has 24 heavy (non-hydrogen) atoms. The van der Waals surface area contributed by atoms with Crippen LogP contribution in [-0.4, -0.2) is 33.2 Å². The maximum absolute atomic E-state index is 12.1. The minimum atomic E-state index is -0.458. The lowest BCUT2D eigenvalue weighted by Gasteiger charge is -2.02. The normalized spacial score (nSPS) is 11.5. The van der Waals surface area contributed by atoms with Crippen LogP contribution in [0.2, 0.25) is 0 Å². The van der Waals surface area contributed by atoms with Crippen molar-refractivity contribution in [2.45, 2.75) is 6.42 Å². The first-order chi connectivity index (χ1) is 11.7. The highest BCUT2D eigenvalue weighted by atomic mass is 16.5. The van der Waals surface area contributed by atoms with Crippen molar-refractivity contribution in [1.29, 1.82) is 0 Å². The zero-order chi connectivity index (χ0) is 16.9. The van der Waals surface area contributed by atoms with Crippen molar-refractivity contribution in [2.24, 2.45) is 0 Å². The van der Waals surface area contributed by atoms with Gasteiger partial charge in [-0.3, -0.25) is 9.89 Å². The van der Waals surface area contributed by atoms with E-state index < -0.39 is 5.78 Å². The van der Waals surface area contributed by atoms with Crippen molar-refractivity contribution in [2.75, 3.05) is 7.11 Å². The maximum Gasteiger partial charge on any atom is 0.224 e. The lowest BCUT2D eigenvalue weighted by molar-refractivity contribution is 0.102. The third-order valence-electron chi connectivity index (χ3n) is 3.36. The number of H-pyrrole nitrogens is 1. The van der Waals surface area contributed by atoms with Gasteiger partial charge in [0.15, 0.2) is 17.3 Å². The average Bonchev–Trinajstić information content (AvgIpc) is 3.26. The Balaban J connectivity index is 1.73. The summed E-state index contributed by atoms with van der Waals surface area (Å²) in [6.45, 7) is 0. The molecule has 3 aromatic rings. The molecule has 0 saturated carbocycles. The Morgan fingerprint density at radius 2 is 2.25 bits per heavy atom. The molecule has 7 heteroatoms. The van der Waals surface area contributed by atoms with Gasteiger partial charge in [-0.15, -0.1) is 0 Å². The molecule has 0 radical (unpaired) electrons. The smallest absolute Gasteiger partial charge is 0.224 e. The van der Waals surface area contributed by atoms with E-state index >= 15 is 0 Å². The lowest BCUT2D eigenvalue weighted by atomic mass is 10.1. The van der Waals surface area contributed by atoms with Gasteiger partial charge in [-0.1, -0.05) is 12.1 Å². The molecule has 0 aliphatic heterocycles. The van der Waals surface area contributed by atoms with E-state index in [0.29, 0.717) is 6.42 Å². The van der Waals surface area contributed by atoms with Gasteiger partial charge < -0.3 is 14.3 Å². The predicted molar refractivity (Wildman–Crippen MR) is 85.8 cm³/mol. The van der Waals surface area contributed by atoms with E-state index in [9.17, 15) is 9.90 Å². The summed E-state index contributed by atoms with van der Waals surface area (Å²) in [5.41, 5.74) is 1.88. The van der Waals surface area contributed by atoms with E-state index in [-0.39, 0.29) is 17.3 Å². The minimum Gasteiger partial charge on any atom is -0.504 e. The third kappa shape index (κ3) is 3.52. The molecule has 0 spiro atoms. The second-order valence-corrected chi connectivity index (χ2v) is 5.08. The van der Waals surface area contributed by atoms with Crippen LogP contribution >= 0.6 is 0 Å². The van der Waals surface area contributed by atoms with Gasteiger partial charge in [0.25, 0.3) is 0 Å². The van der Waals surface area contributed by atoms with Crippen molar-refractivity contribution in [3.63, 3.8) is 0 Å². The van der Waals surface area contributed by atoms with Crippen molar-refractivity contribution in [3.8, 4) is 5.75 Å². The molecule has 2 N–H and O–H groups in total. The second kappa shape index (κ2) is 6.82. The van der Waals surface area contributed by atoms with E-state index in [2.05, 4.69) is 15.2 Å². The maximum atomic E-state index is 12.1. The number of ketones is 1. The number of rotatable bonds is 6. The van der Waals surface area contributed by atoms with Gasteiger partial charge in [0, 0.05) is 12.5 Å². The molecule has 1 aromatic carbocycles. The molecule has 0 fully saturated rings. The number of carbonyl (C=O) groups is 1. The van der Waals surface area contributed by atoms with Crippen LogP contribution in [0.3, 0.4) is 0 Å². The number of hydrogen-bond acceptors (Lipinski definition) is 6. The van der Waals surface area contributed by atoms with Crippen molar-refractivity contribution in [1.82, 2.24) is 15.2 Å². The summed E-state index contributed by atoms with van der Waals surface area (Å²) < 4.78 is 10.5. The van der Waals surface area contributed by atoms with Crippen molar-refractivity contribution < 1.29 is 19.1 Å². The van der Waals surface area contributed by atoms with Gasteiger partial charge in [0.05, 0.1) is 13.4 Å². The van der Waals surface area contributed by atoms with Crippen LogP contribution in [0.25, 0.3) is 5.76 Å². The van der Waals surface area contributed by atoms with Gasteiger partial charge in [-0.05, 0) is 29.3 Å². The number of aliphatic hydroxyl groups is 1. The number of nitrogens with zero attached hydrogens (tertiary/aromatic N) is 2. The SMILES string of the molecule is COc1cccc(Cc2coc(C(=O)C=C(O)c3ncn[nH]3)c2)c1. The number of aromatic nitrogens is 3. The molecule has 2 aromatic heterocycles. The summed E-state index contributed by atoms with van der Waals surface area (Å²) in [4.78, 5) is 15.9. The summed E-state index contributed by atoms with van der Waals surface area (Å²) in [5.74, 6) is 0.265. The fourth-order valence-electron chi connectivity index (χ4n) is 2.21. The van der Waals surface area contributed by atoms with Crippen molar-refractivity contribution >= 4 is 11.5 Å². The molecule has 0 unspecified atom stereocenters. The van der Waals surface area contributed by atoms with E-state index in [4.69, 9.17) is 9.15 Å². The van der Waals surface area contributed by atoms with Crippen LogP contribution in [0.5, 0.6) is 5.75 Å². The van der Waals surface area contributed by atoms with Gasteiger partial charge in [0.1, 0.15) is 12.1 Å². The number of nitrogens with one attached hydrogen (secondary N) is 1. The number of hydrogen-bond donors (Lipinski definition) is 2. The molecule has 0 amide bonds. The Bertz CT molecular complexity index is 866. The van der Waals surface area contributed by atoms with E-state index in [1.807, 2.05) is 24.3 Å². The van der Waals surface area contributed by atoms with E-state index in [1.165, 1.54) is 12.6 Å². The zero-order valence-corrected chi connectivity index (χ0v) is 12.9. The van der Waals surface area contributed by atoms with E-state index in [1.54, 1.807) is 13.2 Å². The lowest BCUT2D eigenvalue weighted by Crippen LogP contribution is -1.96. The van der Waals surface area contributed by atoms with E-state index in [0.717, 1.165) is 23.0 Å². The van der Waals surface area contributed by atoms with Crippen LogP contribution in [0.4, 0.5) is 0 Å². The predicted octanol–water partition coefficient (Wildman–Crippen LogP) is 2.78. The Hall–Kier alpha value is -3.35. The number of aliphatic hydroxyl groups excluding tert-OH is 1. The fourth-order valence-corrected chi connectivity index (χ4v) is 2.21. The monoisotopic (exact) mass is 325 g/mol. The van der Waals surface area contributed by atoms with Crippen LogP contribution < -0.4 is 4.74 Å². The number of benzene rings is 1. The summed E-state index contributed by atoms with van der Waals surface area (Å²) in [7, 11) is 1.61. The molecule has 0 atom stereocenters. The zero-order valence-electron chi connectivity index (χ0n) is 12.9. The van der Waals surface area contributed by atoms with Crippen LogP contribution in [0.15, 0.2) is 53.4 Å². The largest absolute Gasteiger partial charge is 0.504 e. The summed E-state index contributed by atoms with van der Waals surface area (Å²) >= 11 is 0. The van der Waals surface area contributed by atoms with Crippen LogP contribution in [-0.2, 0) is 6.42 Å². The Kier molecular flexibility index (Phi) is 4.42. The quantitative estimate of drug-likeness (QED) is 0.410. The fraction of sp³-hybridized carbons (Fsp3) is 0.118. The number of ether oxygens (including phenoxy) is 1. The first-order valence-electron chi connectivity index (χ1n) is 7.17. The Morgan fingerprint density at radius 1 is 1.38 bits per heavy atom. The molecule has 0 aliphatic carbocycles.